The largest absolute Gasteiger partial charge is 0.543 e. The van der Waals surface area contributed by atoms with Gasteiger partial charge in [-0.15, -0.1) is 16.5 Å². The van der Waals surface area contributed by atoms with Crippen LogP contribution in [0, 0.1) is 13.8 Å². The average molecular weight is 613 g/mol. The van der Waals surface area contributed by atoms with E-state index in [2.05, 4.69) is 10.1 Å². The van der Waals surface area contributed by atoms with Gasteiger partial charge in [0.2, 0.25) is 10.0 Å². The number of carbonyl (C=O) groups is 1. The normalized spacial score (nSPS) is 13.2. The van der Waals surface area contributed by atoms with Gasteiger partial charge in [-0.05, 0) is 58.5 Å². The van der Waals surface area contributed by atoms with Crippen molar-refractivity contribution in [3.05, 3.63) is 106 Å². The summed E-state index contributed by atoms with van der Waals surface area (Å²) in [4.78, 5) is 15.1. The quantitative estimate of drug-likeness (QED) is 0.235. The zero-order valence-electron chi connectivity index (χ0n) is 22.2. The summed E-state index contributed by atoms with van der Waals surface area (Å²) in [6, 6.07) is 18.4. The Morgan fingerprint density at radius 3 is 2.38 bits per heavy atom. The molecule has 1 unspecified atom stereocenters. The minimum absolute atomic E-state index is 0.0234. The van der Waals surface area contributed by atoms with Gasteiger partial charge in [-0.25, -0.2) is 9.67 Å². The first-order valence-electron chi connectivity index (χ1n) is 12.4. The van der Waals surface area contributed by atoms with E-state index in [0.29, 0.717) is 27.1 Å². The predicted octanol–water partition coefficient (Wildman–Crippen LogP) is 5.46. The molecule has 2 heterocycles. The van der Waals surface area contributed by atoms with Crippen molar-refractivity contribution in [2.24, 2.45) is 5.14 Å². The van der Waals surface area contributed by atoms with Crippen molar-refractivity contribution in [1.29, 1.82) is 0 Å². The molecule has 42 heavy (non-hydrogen) atoms. The van der Waals surface area contributed by atoms with E-state index in [1.54, 1.807) is 18.2 Å². The van der Waals surface area contributed by atoms with Crippen LogP contribution in [-0.4, -0.2) is 25.3 Å². The Morgan fingerprint density at radius 1 is 1.07 bits per heavy atom. The van der Waals surface area contributed by atoms with E-state index in [0.717, 1.165) is 27.6 Å². The molecule has 8 nitrogen and oxygen atoms in total. The Hall–Kier alpha value is -4.17. The first-order chi connectivity index (χ1) is 19.7. The Labute approximate surface area is 243 Å². The predicted molar refractivity (Wildman–Crippen MR) is 151 cm³/mol. The summed E-state index contributed by atoms with van der Waals surface area (Å²) in [7, 11) is -3.76. The maximum Gasteiger partial charge on any atom is 0.433 e. The maximum absolute atomic E-state index is 14.8. The molecule has 0 aliphatic rings. The van der Waals surface area contributed by atoms with Crippen molar-refractivity contribution in [2.45, 2.75) is 31.3 Å². The standard InChI is InChI=1S/C29H23F3N4O4S2/c1-16-4-3-5-19(12-16)22-14-20(9-6-17(22)2)25-23(13-18-7-10-21(11-8-18)42(33,39)40)26(29(30,31)32)36(35-25)28-34-24(15-41-28)27(37)38/h3-12,14-15H,13H2,1-2H3,(H3-,33,37,38,39,40). The summed E-state index contributed by atoms with van der Waals surface area (Å²) in [5, 5.41) is 21.8. The number of thiazole rings is 1. The lowest BCUT2D eigenvalue weighted by Crippen LogP contribution is -2.22. The van der Waals surface area contributed by atoms with Gasteiger partial charge < -0.3 is 9.90 Å². The number of halogens is 3. The molecule has 3 N–H and O–H groups in total. The van der Waals surface area contributed by atoms with Crippen molar-refractivity contribution < 1.29 is 31.8 Å². The van der Waals surface area contributed by atoms with Crippen LogP contribution in [0.2, 0.25) is 0 Å². The second-order valence-corrected chi connectivity index (χ2v) is 12.1. The smallest absolute Gasteiger partial charge is 0.433 e. The van der Waals surface area contributed by atoms with E-state index in [4.69, 9.17) is 5.14 Å². The fourth-order valence-corrected chi connectivity index (χ4v) is 5.91. The first kappa shape index (κ1) is 29.3. The summed E-state index contributed by atoms with van der Waals surface area (Å²) >= 11 is 0.688. The number of hydrogen-bond acceptors (Lipinski definition) is 6. The summed E-state index contributed by atoms with van der Waals surface area (Å²) in [5.74, 6) is -1.62. The number of benzene rings is 3. The fourth-order valence-electron chi connectivity index (χ4n) is 4.63. The van der Waals surface area contributed by atoms with Crippen molar-refractivity contribution in [3.63, 3.8) is 0 Å². The number of carboxylic acid groups (broad SMARTS) is 1. The topological polar surface area (TPSA) is 134 Å². The summed E-state index contributed by atoms with van der Waals surface area (Å²) in [6.45, 7) is 3.84. The van der Waals surface area contributed by atoms with Crippen LogP contribution >= 0.6 is 11.3 Å². The molecule has 3 aromatic carbocycles. The minimum atomic E-state index is -4.91. The SMILES string of the molecule is Cc1cccc(-c2cc(-c3nn(-c4nc(C(=O)[O-])cs4)c(C(F)(F)F)c3Cc3ccc([S+](N)(=O)O)cc3)ccc2C)c1. The van der Waals surface area contributed by atoms with E-state index in [1.807, 2.05) is 38.1 Å². The van der Waals surface area contributed by atoms with Gasteiger partial charge in [0.25, 0.3) is 0 Å². The molecular weight excluding hydrogens is 589 g/mol. The molecule has 216 valence electrons. The highest BCUT2D eigenvalue weighted by Crippen LogP contribution is 2.41. The lowest BCUT2D eigenvalue weighted by atomic mass is 9.93. The van der Waals surface area contributed by atoms with Crippen molar-refractivity contribution in [2.75, 3.05) is 0 Å². The molecule has 13 heteroatoms. The van der Waals surface area contributed by atoms with Gasteiger partial charge in [0.05, 0.1) is 17.4 Å². The number of hydrogen-bond donors (Lipinski definition) is 2. The van der Waals surface area contributed by atoms with Crippen LogP contribution in [0.4, 0.5) is 13.2 Å². The molecule has 2 aromatic heterocycles. The molecule has 5 rings (SSSR count). The van der Waals surface area contributed by atoms with E-state index >= 15 is 0 Å². The molecule has 0 fully saturated rings. The van der Waals surface area contributed by atoms with Crippen molar-refractivity contribution >= 4 is 27.7 Å². The van der Waals surface area contributed by atoms with Crippen LogP contribution in [0.3, 0.4) is 0 Å². The zero-order chi connectivity index (χ0) is 30.4. The Bertz CT molecular complexity index is 1860. The molecule has 0 saturated carbocycles. The average Bonchev–Trinajstić information content (AvgIpc) is 3.54. The van der Waals surface area contributed by atoms with E-state index in [1.165, 1.54) is 24.3 Å². The molecule has 0 aliphatic heterocycles. The maximum atomic E-state index is 14.8. The highest BCUT2D eigenvalue weighted by molar-refractivity contribution is 7.95. The Morgan fingerprint density at radius 2 is 1.79 bits per heavy atom. The fraction of sp³-hybridized carbons (Fsp3) is 0.138. The Balaban J connectivity index is 1.74. The number of aryl methyl sites for hydroxylation is 2. The van der Waals surface area contributed by atoms with Gasteiger partial charge in [0, 0.05) is 22.9 Å². The third kappa shape index (κ3) is 5.90. The van der Waals surface area contributed by atoms with Gasteiger partial charge in [0.15, 0.2) is 5.69 Å². The number of aromatic carboxylic acids is 1. The molecular formula is C29H23F3N4O4S2. The number of carboxylic acids is 1. The Kier molecular flexibility index (Phi) is 7.62. The lowest BCUT2D eigenvalue weighted by Gasteiger charge is -2.13. The first-order valence-corrected chi connectivity index (χ1v) is 14.9. The molecule has 0 spiro atoms. The monoisotopic (exact) mass is 612 g/mol. The van der Waals surface area contributed by atoms with E-state index in [9.17, 15) is 31.8 Å². The lowest BCUT2D eigenvalue weighted by molar-refractivity contribution is -0.255. The molecule has 0 amide bonds. The number of aromatic nitrogens is 3. The highest BCUT2D eigenvalue weighted by Gasteiger charge is 2.41. The second-order valence-electron chi connectivity index (χ2n) is 9.68. The summed E-state index contributed by atoms with van der Waals surface area (Å²) < 4.78 is 66.4. The van der Waals surface area contributed by atoms with Crippen LogP contribution in [-0.2, 0) is 27.2 Å². The number of nitrogens with two attached hydrogens (primary N) is 1. The third-order valence-electron chi connectivity index (χ3n) is 6.62. The van der Waals surface area contributed by atoms with Crippen LogP contribution in [0.25, 0.3) is 27.5 Å². The number of alkyl halides is 3. The molecule has 0 aliphatic carbocycles. The molecule has 0 radical (unpaired) electrons. The molecule has 0 bridgehead atoms. The van der Waals surface area contributed by atoms with Crippen LogP contribution in [0.1, 0.15) is 38.4 Å². The van der Waals surface area contributed by atoms with Gasteiger partial charge in [0.1, 0.15) is 0 Å². The van der Waals surface area contributed by atoms with Crippen LogP contribution < -0.4 is 10.2 Å². The van der Waals surface area contributed by atoms with Crippen LogP contribution in [0.15, 0.2) is 77.0 Å². The second kappa shape index (κ2) is 10.9. The zero-order valence-corrected chi connectivity index (χ0v) is 23.8. The van der Waals surface area contributed by atoms with Gasteiger partial charge in [-0.2, -0.15) is 22.8 Å². The van der Waals surface area contributed by atoms with E-state index in [-0.39, 0.29) is 27.7 Å². The molecule has 5 aromatic rings. The number of nitrogens with zero attached hydrogens (tertiary/aromatic N) is 3. The van der Waals surface area contributed by atoms with E-state index < -0.39 is 33.9 Å². The minimum Gasteiger partial charge on any atom is -0.543 e. The highest BCUT2D eigenvalue weighted by atomic mass is 32.3. The molecule has 0 saturated heterocycles. The van der Waals surface area contributed by atoms with Gasteiger partial charge >= 0.3 is 16.6 Å². The van der Waals surface area contributed by atoms with Crippen molar-refractivity contribution in [3.8, 4) is 27.5 Å². The van der Waals surface area contributed by atoms with Gasteiger partial charge in [-0.1, -0.05) is 54.1 Å². The van der Waals surface area contributed by atoms with Crippen molar-refractivity contribution in [1.82, 2.24) is 14.8 Å². The number of rotatable bonds is 7. The van der Waals surface area contributed by atoms with Gasteiger partial charge in [-0.3, -0.25) is 0 Å². The summed E-state index contributed by atoms with van der Waals surface area (Å²) in [5.41, 5.74) is 2.63. The number of carbonyl (C=O) groups excluding carboxylic acids is 1. The third-order valence-corrected chi connectivity index (χ3v) is 8.38. The summed E-state index contributed by atoms with van der Waals surface area (Å²) in [6.07, 6.45) is -5.16. The molecule has 1 atom stereocenters. The van der Waals surface area contributed by atoms with Crippen LogP contribution in [0.5, 0.6) is 0 Å².